The summed E-state index contributed by atoms with van der Waals surface area (Å²) in [7, 11) is 1.60. The first-order valence-corrected chi connectivity index (χ1v) is 10.7. The van der Waals surface area contributed by atoms with E-state index in [9.17, 15) is 9.59 Å². The molecule has 0 spiro atoms. The first kappa shape index (κ1) is 23.1. The number of nitrogen functional groups attached to an aromatic ring is 1. The molecule has 0 amide bonds. The highest BCUT2D eigenvalue weighted by atomic mass is 16.5. The number of nitrogens with zero attached hydrogens (tertiary/aromatic N) is 1. The third kappa shape index (κ3) is 4.85. The van der Waals surface area contributed by atoms with E-state index in [2.05, 4.69) is 4.90 Å². The minimum absolute atomic E-state index is 0.217. The normalized spacial score (nSPS) is 17.8. The summed E-state index contributed by atoms with van der Waals surface area (Å²) >= 11 is 0. The van der Waals surface area contributed by atoms with Crippen LogP contribution in [0, 0.1) is 6.92 Å². The number of fused-ring (bicyclic) bond motifs is 1. The van der Waals surface area contributed by atoms with Gasteiger partial charge in [-0.1, -0.05) is 11.6 Å². The summed E-state index contributed by atoms with van der Waals surface area (Å²) in [6.45, 7) is 8.89. The molecule has 2 aliphatic rings. The number of hydrogen-bond acceptors (Lipinski definition) is 8. The fourth-order valence-electron chi connectivity index (χ4n) is 4.24. The van der Waals surface area contributed by atoms with Crippen LogP contribution in [0.2, 0.25) is 0 Å². The van der Waals surface area contributed by atoms with Crippen molar-refractivity contribution < 1.29 is 28.5 Å². The Morgan fingerprint density at radius 3 is 2.68 bits per heavy atom. The third-order valence-corrected chi connectivity index (χ3v) is 5.93. The predicted molar refractivity (Wildman–Crippen MR) is 116 cm³/mol. The SMILES string of the molecule is CCOC(=O)C(CC(C)=CCc1c(N)c2c(c(C)c1OC)COC2=O)N1CCOCC1. The Kier molecular flexibility index (Phi) is 7.56. The first-order chi connectivity index (χ1) is 14.9. The number of carbonyl (C=O) groups excluding carboxylic acids is 2. The molecular weight excluding hydrogens is 400 g/mol. The highest BCUT2D eigenvalue weighted by molar-refractivity contribution is 6.00. The second kappa shape index (κ2) is 10.2. The third-order valence-electron chi connectivity index (χ3n) is 5.93. The number of methoxy groups -OCH3 is 1. The van der Waals surface area contributed by atoms with E-state index < -0.39 is 5.97 Å². The number of morpholine rings is 1. The highest BCUT2D eigenvalue weighted by Gasteiger charge is 2.31. The van der Waals surface area contributed by atoms with Gasteiger partial charge in [-0.25, -0.2) is 4.79 Å². The average molecular weight is 433 g/mol. The van der Waals surface area contributed by atoms with E-state index in [1.807, 2.05) is 26.8 Å². The zero-order valence-corrected chi connectivity index (χ0v) is 18.8. The molecule has 2 heterocycles. The lowest BCUT2D eigenvalue weighted by Crippen LogP contribution is -2.48. The van der Waals surface area contributed by atoms with Gasteiger partial charge in [-0.15, -0.1) is 0 Å². The molecular formula is C23H32N2O6. The van der Waals surface area contributed by atoms with Crippen molar-refractivity contribution in [1.29, 1.82) is 0 Å². The van der Waals surface area contributed by atoms with Gasteiger partial charge in [0, 0.05) is 24.2 Å². The molecule has 1 atom stereocenters. The van der Waals surface area contributed by atoms with Crippen molar-refractivity contribution in [2.75, 3.05) is 45.8 Å². The van der Waals surface area contributed by atoms with Crippen LogP contribution in [0.15, 0.2) is 11.6 Å². The summed E-state index contributed by atoms with van der Waals surface area (Å²) < 4.78 is 21.5. The first-order valence-electron chi connectivity index (χ1n) is 10.7. The van der Waals surface area contributed by atoms with Gasteiger partial charge in [0.1, 0.15) is 18.4 Å². The van der Waals surface area contributed by atoms with Gasteiger partial charge in [0.05, 0.1) is 38.2 Å². The molecule has 2 aliphatic heterocycles. The van der Waals surface area contributed by atoms with E-state index >= 15 is 0 Å². The van der Waals surface area contributed by atoms with Crippen molar-refractivity contribution in [2.45, 2.75) is 46.3 Å². The predicted octanol–water partition coefficient (Wildman–Crippen LogP) is 2.40. The molecule has 0 aliphatic carbocycles. The van der Waals surface area contributed by atoms with Crippen molar-refractivity contribution in [3.05, 3.63) is 33.9 Å². The van der Waals surface area contributed by atoms with Crippen LogP contribution in [-0.2, 0) is 32.0 Å². The van der Waals surface area contributed by atoms with E-state index in [0.29, 0.717) is 62.8 Å². The number of allylic oxidation sites excluding steroid dienone is 1. The summed E-state index contributed by atoms with van der Waals surface area (Å²) in [6, 6.07) is -0.351. The number of ether oxygens (including phenoxy) is 4. The summed E-state index contributed by atoms with van der Waals surface area (Å²) in [6.07, 6.45) is 3.07. The fraction of sp³-hybridized carbons (Fsp3) is 0.565. The largest absolute Gasteiger partial charge is 0.496 e. The van der Waals surface area contributed by atoms with Gasteiger partial charge in [0.2, 0.25) is 0 Å². The lowest BCUT2D eigenvalue weighted by atomic mass is 9.93. The summed E-state index contributed by atoms with van der Waals surface area (Å²) in [5.74, 6) is 0.0639. The van der Waals surface area contributed by atoms with Crippen molar-refractivity contribution in [3.8, 4) is 5.75 Å². The molecule has 8 nitrogen and oxygen atoms in total. The quantitative estimate of drug-likeness (QED) is 0.380. The van der Waals surface area contributed by atoms with E-state index in [4.69, 9.17) is 24.7 Å². The molecule has 0 radical (unpaired) electrons. The molecule has 8 heteroatoms. The van der Waals surface area contributed by atoms with Gasteiger partial charge in [-0.2, -0.15) is 0 Å². The maximum atomic E-state index is 12.6. The molecule has 0 aromatic heterocycles. The molecule has 1 aromatic rings. The number of rotatable bonds is 8. The fourth-order valence-corrected chi connectivity index (χ4v) is 4.24. The minimum atomic E-state index is -0.394. The Bertz CT molecular complexity index is 874. The Morgan fingerprint density at radius 2 is 2.03 bits per heavy atom. The van der Waals surface area contributed by atoms with Crippen LogP contribution < -0.4 is 10.5 Å². The molecule has 1 unspecified atom stereocenters. The molecule has 170 valence electrons. The summed E-state index contributed by atoms with van der Waals surface area (Å²) in [5.41, 5.74) is 10.7. The van der Waals surface area contributed by atoms with Crippen LogP contribution in [0.4, 0.5) is 5.69 Å². The van der Waals surface area contributed by atoms with E-state index in [-0.39, 0.29) is 18.6 Å². The number of nitrogens with two attached hydrogens (primary N) is 1. The van der Waals surface area contributed by atoms with E-state index in [1.54, 1.807) is 7.11 Å². The maximum Gasteiger partial charge on any atom is 0.341 e. The molecule has 0 bridgehead atoms. The number of benzene rings is 1. The zero-order valence-electron chi connectivity index (χ0n) is 18.8. The standard InChI is InChI=1S/C23H32N2O6/c1-5-30-22(26)18(25-8-10-29-11-9-25)12-14(2)6-7-16-20(24)19-17(13-31-23(19)27)15(3)21(16)28-4/h6,18H,5,7-13,24H2,1-4H3. The van der Waals surface area contributed by atoms with Crippen LogP contribution in [0.25, 0.3) is 0 Å². The number of carbonyl (C=O) groups is 2. The lowest BCUT2D eigenvalue weighted by Gasteiger charge is -2.33. The Labute approximate surface area is 183 Å². The second-order valence-electron chi connectivity index (χ2n) is 7.86. The smallest absolute Gasteiger partial charge is 0.341 e. The van der Waals surface area contributed by atoms with E-state index in [0.717, 1.165) is 22.3 Å². The van der Waals surface area contributed by atoms with Crippen LogP contribution >= 0.6 is 0 Å². The molecule has 1 fully saturated rings. The van der Waals surface area contributed by atoms with Crippen LogP contribution in [0.3, 0.4) is 0 Å². The Hall–Kier alpha value is -2.58. The average Bonchev–Trinajstić information content (AvgIpc) is 3.16. The Morgan fingerprint density at radius 1 is 1.32 bits per heavy atom. The lowest BCUT2D eigenvalue weighted by molar-refractivity contribution is -0.151. The molecule has 31 heavy (non-hydrogen) atoms. The van der Waals surface area contributed by atoms with Crippen LogP contribution in [0.1, 0.15) is 47.3 Å². The molecule has 1 aromatic carbocycles. The van der Waals surface area contributed by atoms with Gasteiger partial charge in [0.25, 0.3) is 0 Å². The number of esters is 2. The van der Waals surface area contributed by atoms with Gasteiger partial charge in [-0.05, 0) is 39.2 Å². The van der Waals surface area contributed by atoms with Crippen molar-refractivity contribution in [3.63, 3.8) is 0 Å². The number of hydrogen-bond donors (Lipinski definition) is 1. The van der Waals surface area contributed by atoms with E-state index in [1.165, 1.54) is 0 Å². The number of cyclic esters (lactones) is 1. The topological polar surface area (TPSA) is 100 Å². The summed E-state index contributed by atoms with van der Waals surface area (Å²) in [5, 5.41) is 0. The van der Waals surface area contributed by atoms with Crippen molar-refractivity contribution in [2.24, 2.45) is 0 Å². The molecule has 3 rings (SSSR count). The van der Waals surface area contributed by atoms with Crippen LogP contribution in [0.5, 0.6) is 5.75 Å². The van der Waals surface area contributed by atoms with Crippen molar-refractivity contribution >= 4 is 17.6 Å². The number of anilines is 1. The maximum absolute atomic E-state index is 12.6. The monoisotopic (exact) mass is 432 g/mol. The highest BCUT2D eigenvalue weighted by Crippen LogP contribution is 2.39. The molecule has 2 N–H and O–H groups in total. The molecule has 0 saturated carbocycles. The van der Waals surface area contributed by atoms with Crippen molar-refractivity contribution in [1.82, 2.24) is 4.90 Å². The van der Waals surface area contributed by atoms with Gasteiger partial charge >= 0.3 is 11.9 Å². The second-order valence-corrected chi connectivity index (χ2v) is 7.86. The van der Waals surface area contributed by atoms with Gasteiger partial charge in [-0.3, -0.25) is 9.69 Å². The zero-order chi connectivity index (χ0) is 22.5. The van der Waals surface area contributed by atoms with Gasteiger partial charge < -0.3 is 24.7 Å². The molecule has 1 saturated heterocycles. The van der Waals surface area contributed by atoms with Crippen LogP contribution in [-0.4, -0.2) is 62.9 Å². The Balaban J connectivity index is 1.83. The van der Waals surface area contributed by atoms with Gasteiger partial charge in [0.15, 0.2) is 0 Å². The summed E-state index contributed by atoms with van der Waals surface area (Å²) in [4.78, 5) is 26.9. The minimum Gasteiger partial charge on any atom is -0.496 e.